The smallest absolute Gasteiger partial charge is 0.370 e. The van der Waals surface area contributed by atoms with E-state index in [1.165, 1.54) is 6.07 Å². The molecule has 1 heterocycles. The number of anilines is 2. The molecule has 2 N–H and O–H groups in total. The van der Waals surface area contributed by atoms with Gasteiger partial charge in [0, 0.05) is 18.2 Å². The molecule has 4 nitrogen and oxygen atoms in total. The molecule has 7 heteroatoms. The molecule has 1 saturated carbocycles. The molecule has 1 aromatic heterocycles. The van der Waals surface area contributed by atoms with E-state index in [9.17, 15) is 13.2 Å². The Balaban J connectivity index is 2.30. The molecule has 0 saturated heterocycles. The lowest BCUT2D eigenvalue weighted by atomic mass is 10.3. The zero-order valence-corrected chi connectivity index (χ0v) is 10.2. The van der Waals surface area contributed by atoms with Crippen LogP contribution in [0.2, 0.25) is 0 Å². The van der Waals surface area contributed by atoms with Gasteiger partial charge in [-0.1, -0.05) is 0 Å². The summed E-state index contributed by atoms with van der Waals surface area (Å²) in [5, 5.41) is 5.79. The van der Waals surface area contributed by atoms with Crippen LogP contribution < -0.4 is 10.6 Å². The van der Waals surface area contributed by atoms with Crippen molar-refractivity contribution in [3.8, 4) is 0 Å². The van der Waals surface area contributed by atoms with Gasteiger partial charge in [-0.05, 0) is 26.7 Å². The van der Waals surface area contributed by atoms with Crippen molar-refractivity contribution in [2.45, 2.75) is 38.4 Å². The number of halogens is 3. The summed E-state index contributed by atoms with van der Waals surface area (Å²) in [4.78, 5) is 6.98. The van der Waals surface area contributed by atoms with Gasteiger partial charge in [-0.3, -0.25) is 0 Å². The van der Waals surface area contributed by atoms with E-state index < -0.39 is 12.0 Å². The Bertz CT molecular complexity index is 440. The summed E-state index contributed by atoms with van der Waals surface area (Å²) in [6.45, 7) is 4.25. The predicted molar refractivity (Wildman–Crippen MR) is 62.5 cm³/mol. The third kappa shape index (κ3) is 3.02. The first-order chi connectivity index (χ1) is 8.32. The molecule has 0 amide bonds. The summed E-state index contributed by atoms with van der Waals surface area (Å²) in [6.07, 6.45) is -2.66. The second-order valence-electron chi connectivity index (χ2n) is 4.68. The van der Waals surface area contributed by atoms with Gasteiger partial charge >= 0.3 is 6.18 Å². The zero-order valence-electron chi connectivity index (χ0n) is 10.2. The zero-order chi connectivity index (χ0) is 13.4. The molecule has 1 aliphatic carbocycles. The number of alkyl halides is 3. The van der Waals surface area contributed by atoms with Gasteiger partial charge < -0.3 is 10.6 Å². The Morgan fingerprint density at radius 1 is 1.28 bits per heavy atom. The Hall–Kier alpha value is -1.53. The van der Waals surface area contributed by atoms with Crippen molar-refractivity contribution < 1.29 is 13.2 Å². The number of hydrogen-bond acceptors (Lipinski definition) is 4. The molecule has 0 radical (unpaired) electrons. The molecule has 100 valence electrons. The number of nitrogens with zero attached hydrogens (tertiary/aromatic N) is 2. The average molecular weight is 260 g/mol. The predicted octanol–water partition coefficient (Wildman–Crippen LogP) is 2.89. The minimum Gasteiger partial charge on any atom is -0.370 e. The molecule has 1 aliphatic rings. The van der Waals surface area contributed by atoms with E-state index in [4.69, 9.17) is 0 Å². The highest BCUT2D eigenvalue weighted by atomic mass is 19.4. The number of hydrogen-bond donors (Lipinski definition) is 2. The van der Waals surface area contributed by atoms with Gasteiger partial charge in [-0.25, -0.2) is 9.97 Å². The van der Waals surface area contributed by atoms with Crippen LogP contribution in [-0.2, 0) is 6.18 Å². The normalized spacial score (nSPS) is 17.4. The van der Waals surface area contributed by atoms with Crippen LogP contribution in [-0.4, -0.2) is 22.1 Å². The van der Waals surface area contributed by atoms with E-state index in [1.807, 2.05) is 6.92 Å². The van der Waals surface area contributed by atoms with Crippen molar-refractivity contribution >= 4 is 11.6 Å². The van der Waals surface area contributed by atoms with E-state index in [1.54, 1.807) is 6.92 Å². The minimum absolute atomic E-state index is 0.124. The molecule has 0 bridgehead atoms. The first kappa shape index (κ1) is 12.9. The highest BCUT2D eigenvalue weighted by Gasteiger charge is 2.39. The Kier molecular flexibility index (Phi) is 3.08. The van der Waals surface area contributed by atoms with Crippen molar-refractivity contribution in [1.82, 2.24) is 9.97 Å². The fourth-order valence-electron chi connectivity index (χ4n) is 1.53. The summed E-state index contributed by atoms with van der Waals surface area (Å²) >= 11 is 0. The van der Waals surface area contributed by atoms with Gasteiger partial charge in [0.1, 0.15) is 11.6 Å². The van der Waals surface area contributed by atoms with Gasteiger partial charge in [0.15, 0.2) is 0 Å². The lowest BCUT2D eigenvalue weighted by molar-refractivity contribution is -0.144. The highest BCUT2D eigenvalue weighted by Crippen LogP contribution is 2.38. The molecular formula is C11H15F3N4. The van der Waals surface area contributed by atoms with Gasteiger partial charge in [0.25, 0.3) is 0 Å². The van der Waals surface area contributed by atoms with Crippen molar-refractivity contribution in [3.05, 3.63) is 11.9 Å². The molecule has 2 rings (SSSR count). The van der Waals surface area contributed by atoms with Crippen molar-refractivity contribution in [2.24, 2.45) is 0 Å². The lowest BCUT2D eigenvalue weighted by Gasteiger charge is -2.15. The van der Waals surface area contributed by atoms with E-state index in [0.29, 0.717) is 6.54 Å². The maximum Gasteiger partial charge on any atom is 0.451 e. The fraction of sp³-hybridized carbons (Fsp3) is 0.636. The molecule has 0 aromatic carbocycles. The SMILES string of the molecule is CCNc1cc(NC2(C)CC2)nc(C(F)(F)F)n1. The van der Waals surface area contributed by atoms with E-state index in [-0.39, 0.29) is 17.2 Å². The number of nitrogens with one attached hydrogen (secondary N) is 2. The molecule has 1 aromatic rings. The summed E-state index contributed by atoms with van der Waals surface area (Å²) in [5.41, 5.74) is -0.124. The van der Waals surface area contributed by atoms with Crippen LogP contribution in [0, 0.1) is 0 Å². The monoisotopic (exact) mass is 260 g/mol. The topological polar surface area (TPSA) is 49.8 Å². The van der Waals surface area contributed by atoms with Crippen LogP contribution in [0.25, 0.3) is 0 Å². The van der Waals surface area contributed by atoms with Gasteiger partial charge in [-0.15, -0.1) is 0 Å². The first-order valence-electron chi connectivity index (χ1n) is 5.81. The molecule has 18 heavy (non-hydrogen) atoms. The second kappa shape index (κ2) is 4.29. The quantitative estimate of drug-likeness (QED) is 0.874. The lowest BCUT2D eigenvalue weighted by Crippen LogP contribution is -2.20. The fourth-order valence-corrected chi connectivity index (χ4v) is 1.53. The van der Waals surface area contributed by atoms with Gasteiger partial charge in [-0.2, -0.15) is 13.2 Å². The Morgan fingerprint density at radius 2 is 1.89 bits per heavy atom. The summed E-state index contributed by atoms with van der Waals surface area (Å²) in [5.74, 6) is -0.715. The largest absolute Gasteiger partial charge is 0.451 e. The standard InChI is InChI=1S/C11H15F3N4/c1-3-15-7-6-8(18-10(2)4-5-10)17-9(16-7)11(12,13)14/h6H,3-5H2,1-2H3,(H2,15,16,17,18). The molecule has 0 spiro atoms. The summed E-state index contributed by atoms with van der Waals surface area (Å²) in [6, 6.07) is 1.50. The van der Waals surface area contributed by atoms with Crippen LogP contribution in [0.4, 0.5) is 24.8 Å². The van der Waals surface area contributed by atoms with Crippen LogP contribution in [0.15, 0.2) is 6.07 Å². The van der Waals surface area contributed by atoms with Crippen molar-refractivity contribution in [3.63, 3.8) is 0 Å². The minimum atomic E-state index is -4.54. The maximum absolute atomic E-state index is 12.7. The average Bonchev–Trinajstić information content (AvgIpc) is 2.94. The van der Waals surface area contributed by atoms with Crippen molar-refractivity contribution in [2.75, 3.05) is 17.2 Å². The molecule has 0 aliphatic heterocycles. The number of aromatic nitrogens is 2. The van der Waals surface area contributed by atoms with Gasteiger partial charge in [0.05, 0.1) is 0 Å². The maximum atomic E-state index is 12.7. The Morgan fingerprint density at radius 3 is 2.39 bits per heavy atom. The van der Waals surface area contributed by atoms with Gasteiger partial charge in [0.2, 0.25) is 5.82 Å². The van der Waals surface area contributed by atoms with E-state index in [0.717, 1.165) is 12.8 Å². The Labute approximate surface area is 103 Å². The van der Waals surface area contributed by atoms with E-state index >= 15 is 0 Å². The molecular weight excluding hydrogens is 245 g/mol. The van der Waals surface area contributed by atoms with Crippen LogP contribution >= 0.6 is 0 Å². The van der Waals surface area contributed by atoms with E-state index in [2.05, 4.69) is 20.6 Å². The van der Waals surface area contributed by atoms with Crippen LogP contribution in [0.3, 0.4) is 0 Å². The molecule has 1 fully saturated rings. The van der Waals surface area contributed by atoms with Crippen LogP contribution in [0.5, 0.6) is 0 Å². The van der Waals surface area contributed by atoms with Crippen LogP contribution in [0.1, 0.15) is 32.5 Å². The highest BCUT2D eigenvalue weighted by molar-refractivity contribution is 5.50. The molecule has 0 unspecified atom stereocenters. The third-order valence-corrected chi connectivity index (χ3v) is 2.77. The summed E-state index contributed by atoms with van der Waals surface area (Å²) in [7, 11) is 0. The first-order valence-corrected chi connectivity index (χ1v) is 5.81. The van der Waals surface area contributed by atoms with Crippen molar-refractivity contribution in [1.29, 1.82) is 0 Å². The summed E-state index contributed by atoms with van der Waals surface area (Å²) < 4.78 is 38.0. The second-order valence-corrected chi connectivity index (χ2v) is 4.68. The third-order valence-electron chi connectivity index (χ3n) is 2.77. The number of rotatable bonds is 4. The molecule has 0 atom stereocenters.